The molecule has 0 radical (unpaired) electrons. The monoisotopic (exact) mass is 396 g/mol. The predicted molar refractivity (Wildman–Crippen MR) is 114 cm³/mol. The first-order valence-electron chi connectivity index (χ1n) is 9.46. The molecule has 0 bridgehead atoms. The summed E-state index contributed by atoms with van der Waals surface area (Å²) in [5.74, 6) is -1.06. The van der Waals surface area contributed by atoms with Crippen LogP contribution < -0.4 is 11.3 Å². The van der Waals surface area contributed by atoms with Gasteiger partial charge in [-0.15, -0.1) is 0 Å². The topological polar surface area (TPSA) is 80.7 Å². The summed E-state index contributed by atoms with van der Waals surface area (Å²) in [6.07, 6.45) is 0. The van der Waals surface area contributed by atoms with E-state index in [1.165, 1.54) is 0 Å². The highest BCUT2D eigenvalue weighted by atomic mass is 16.4. The molecule has 5 rings (SSSR count). The molecule has 1 unspecified atom stereocenters. The minimum absolute atomic E-state index is 0.00230. The quantitative estimate of drug-likeness (QED) is 0.444. The first kappa shape index (κ1) is 17.9. The minimum Gasteiger partial charge on any atom is -0.507 e. The Bertz CT molecular complexity index is 1500. The van der Waals surface area contributed by atoms with Crippen LogP contribution in [0.5, 0.6) is 5.75 Å². The van der Waals surface area contributed by atoms with E-state index in [2.05, 4.69) is 0 Å². The van der Waals surface area contributed by atoms with Gasteiger partial charge in [-0.3, -0.25) is 0 Å². The van der Waals surface area contributed by atoms with Crippen molar-refractivity contribution in [2.75, 3.05) is 0 Å². The van der Waals surface area contributed by atoms with E-state index in [0.29, 0.717) is 16.5 Å². The molecule has 0 aliphatic heterocycles. The van der Waals surface area contributed by atoms with Gasteiger partial charge in [-0.25, -0.2) is 9.59 Å². The van der Waals surface area contributed by atoms with Crippen molar-refractivity contribution in [3.05, 3.63) is 122 Å². The summed E-state index contributed by atoms with van der Waals surface area (Å²) < 4.78 is 11.0. The molecule has 0 spiro atoms. The lowest BCUT2D eigenvalue weighted by atomic mass is 9.85. The smallest absolute Gasteiger partial charge is 0.344 e. The maximum atomic E-state index is 13.0. The van der Waals surface area contributed by atoms with Gasteiger partial charge in [0.05, 0.1) is 22.4 Å². The normalized spacial score (nSPS) is 12.3. The van der Waals surface area contributed by atoms with Crippen LogP contribution in [0.4, 0.5) is 0 Å². The van der Waals surface area contributed by atoms with Gasteiger partial charge in [-0.2, -0.15) is 0 Å². The predicted octanol–water partition coefficient (Wildman–Crippen LogP) is 4.79. The fourth-order valence-electron chi connectivity index (χ4n) is 3.83. The summed E-state index contributed by atoms with van der Waals surface area (Å²) in [5, 5.41) is 12.2. The lowest BCUT2D eigenvalue weighted by Crippen LogP contribution is -2.20. The molecule has 5 nitrogen and oxygen atoms in total. The van der Waals surface area contributed by atoms with Crippen LogP contribution in [0.2, 0.25) is 0 Å². The van der Waals surface area contributed by atoms with Gasteiger partial charge in [0.1, 0.15) is 16.9 Å². The Kier molecular flexibility index (Phi) is 4.21. The largest absolute Gasteiger partial charge is 0.507 e. The zero-order valence-electron chi connectivity index (χ0n) is 15.7. The molecule has 1 N–H and O–H groups in total. The Hall–Kier alpha value is -4.12. The number of hydrogen-bond donors (Lipinski definition) is 1. The molecule has 1 atom stereocenters. The maximum Gasteiger partial charge on any atom is 0.344 e. The molecule has 30 heavy (non-hydrogen) atoms. The van der Waals surface area contributed by atoms with E-state index < -0.39 is 17.2 Å². The molecule has 0 aliphatic carbocycles. The van der Waals surface area contributed by atoms with Crippen LogP contribution in [0, 0.1) is 0 Å². The van der Waals surface area contributed by atoms with Crippen molar-refractivity contribution < 1.29 is 13.9 Å². The number of rotatable bonds is 3. The van der Waals surface area contributed by atoms with Gasteiger partial charge in [0, 0.05) is 5.39 Å². The molecule has 2 aromatic heterocycles. The van der Waals surface area contributed by atoms with Gasteiger partial charge >= 0.3 is 11.3 Å². The summed E-state index contributed by atoms with van der Waals surface area (Å²) in [6.45, 7) is 0. The number of fused-ring (bicyclic) bond motifs is 2. The fraction of sp³-hybridized carbons (Fsp3) is 0.0400. The minimum atomic E-state index is -0.854. The second-order valence-corrected chi connectivity index (χ2v) is 7.02. The number of hydrogen-bond acceptors (Lipinski definition) is 5. The third kappa shape index (κ3) is 2.88. The SMILES string of the molecule is O=c1oc2ccccc2cc1C(c1ccccc1)c1c(O)c2ccccc2oc1=O. The maximum absolute atomic E-state index is 13.0. The first-order valence-corrected chi connectivity index (χ1v) is 9.46. The summed E-state index contributed by atoms with van der Waals surface area (Å²) in [6, 6.07) is 24.7. The molecular weight excluding hydrogens is 380 g/mol. The second kappa shape index (κ2) is 7.04. The molecule has 0 fully saturated rings. The van der Waals surface area contributed by atoms with Crippen LogP contribution in [0.15, 0.2) is 103 Å². The van der Waals surface area contributed by atoms with E-state index in [1.54, 1.807) is 54.6 Å². The van der Waals surface area contributed by atoms with Crippen LogP contribution >= 0.6 is 0 Å². The van der Waals surface area contributed by atoms with Gasteiger partial charge in [0.2, 0.25) is 0 Å². The summed E-state index contributed by atoms with van der Waals surface area (Å²) in [7, 11) is 0. The average molecular weight is 396 g/mol. The fourth-order valence-corrected chi connectivity index (χ4v) is 3.83. The third-order valence-electron chi connectivity index (χ3n) is 5.22. The molecule has 3 aromatic carbocycles. The summed E-state index contributed by atoms with van der Waals surface area (Å²) >= 11 is 0. The number of para-hydroxylation sites is 2. The van der Waals surface area contributed by atoms with Gasteiger partial charge in [0.15, 0.2) is 0 Å². The van der Waals surface area contributed by atoms with Crippen LogP contribution in [-0.2, 0) is 0 Å². The Balaban J connectivity index is 1.87. The Morgan fingerprint density at radius 3 is 2.13 bits per heavy atom. The zero-order chi connectivity index (χ0) is 20.7. The average Bonchev–Trinajstić information content (AvgIpc) is 2.77. The Morgan fingerprint density at radius 2 is 1.33 bits per heavy atom. The van der Waals surface area contributed by atoms with Crippen molar-refractivity contribution in [3.8, 4) is 5.75 Å². The summed E-state index contributed by atoms with van der Waals surface area (Å²) in [5.41, 5.74) is 0.370. The van der Waals surface area contributed by atoms with E-state index in [9.17, 15) is 14.7 Å². The van der Waals surface area contributed by atoms with Crippen molar-refractivity contribution >= 4 is 21.9 Å². The van der Waals surface area contributed by atoms with E-state index in [1.807, 2.05) is 30.3 Å². The second-order valence-electron chi connectivity index (χ2n) is 7.02. The molecule has 0 saturated heterocycles. The Labute approximate surface area is 170 Å². The number of aromatic hydroxyl groups is 1. The zero-order valence-corrected chi connectivity index (χ0v) is 15.7. The molecular formula is C25H16O5. The van der Waals surface area contributed by atoms with Crippen molar-refractivity contribution in [1.82, 2.24) is 0 Å². The van der Waals surface area contributed by atoms with Crippen LogP contribution in [0.3, 0.4) is 0 Å². The van der Waals surface area contributed by atoms with Gasteiger partial charge in [-0.1, -0.05) is 60.7 Å². The Morgan fingerprint density at radius 1 is 0.700 bits per heavy atom. The van der Waals surface area contributed by atoms with Crippen LogP contribution in [0.25, 0.3) is 21.9 Å². The highest BCUT2D eigenvalue weighted by Crippen LogP contribution is 2.37. The van der Waals surface area contributed by atoms with Crippen molar-refractivity contribution in [3.63, 3.8) is 0 Å². The van der Waals surface area contributed by atoms with E-state index in [0.717, 1.165) is 5.39 Å². The first-order chi connectivity index (χ1) is 14.6. The highest BCUT2D eigenvalue weighted by molar-refractivity contribution is 5.85. The van der Waals surface area contributed by atoms with Crippen molar-refractivity contribution in [1.29, 1.82) is 0 Å². The van der Waals surface area contributed by atoms with Gasteiger partial charge < -0.3 is 13.9 Å². The van der Waals surface area contributed by atoms with Crippen molar-refractivity contribution in [2.24, 2.45) is 0 Å². The molecule has 146 valence electrons. The standard InChI is InChI=1S/C25H16O5/c26-23-17-11-5-7-13-20(17)30-25(28)22(23)21(15-8-2-1-3-9-15)18-14-16-10-4-6-12-19(16)29-24(18)27/h1-14,21,26H. The van der Waals surface area contributed by atoms with Crippen LogP contribution in [-0.4, -0.2) is 5.11 Å². The van der Waals surface area contributed by atoms with Crippen LogP contribution in [0.1, 0.15) is 22.6 Å². The molecule has 5 heteroatoms. The molecule has 0 amide bonds. The van der Waals surface area contributed by atoms with Gasteiger partial charge in [-0.05, 0) is 29.8 Å². The molecule has 0 aliphatic rings. The third-order valence-corrected chi connectivity index (χ3v) is 5.22. The summed E-state index contributed by atoms with van der Waals surface area (Å²) in [4.78, 5) is 25.9. The number of benzene rings is 3. The molecule has 0 saturated carbocycles. The van der Waals surface area contributed by atoms with E-state index >= 15 is 0 Å². The van der Waals surface area contributed by atoms with Gasteiger partial charge in [0.25, 0.3) is 0 Å². The highest BCUT2D eigenvalue weighted by Gasteiger charge is 2.29. The van der Waals surface area contributed by atoms with Crippen molar-refractivity contribution in [2.45, 2.75) is 5.92 Å². The van der Waals surface area contributed by atoms with E-state index in [-0.39, 0.29) is 22.5 Å². The van der Waals surface area contributed by atoms with E-state index in [4.69, 9.17) is 8.83 Å². The lowest BCUT2D eigenvalue weighted by molar-refractivity contribution is 0.454. The molecule has 2 heterocycles. The lowest BCUT2D eigenvalue weighted by Gasteiger charge is -2.18. The molecule has 5 aromatic rings.